The smallest absolute Gasteiger partial charge is 0.341 e. The molecular weight excluding hydrogens is 471 g/mol. The van der Waals surface area contributed by atoms with Crippen LogP contribution in [0.5, 0.6) is 0 Å². The highest BCUT2D eigenvalue weighted by Crippen LogP contribution is 2.35. The normalized spacial score (nSPS) is 10.5. The second-order valence-corrected chi connectivity index (χ2v) is 8.63. The maximum atomic E-state index is 13.0. The first-order chi connectivity index (χ1) is 15.3. The van der Waals surface area contributed by atoms with Gasteiger partial charge in [-0.1, -0.05) is 53.5 Å². The SMILES string of the molecule is CCOC(=O)c1c(NC(=O)Cc2ccccc2)sc(C(=O)Nc2cc(Cl)ccc2Cl)c1C. The third kappa shape index (κ3) is 5.68. The molecule has 9 heteroatoms. The Kier molecular flexibility index (Phi) is 7.90. The van der Waals surface area contributed by atoms with E-state index in [1.807, 2.05) is 30.3 Å². The lowest BCUT2D eigenvalue weighted by atomic mass is 10.1. The van der Waals surface area contributed by atoms with E-state index in [0.29, 0.717) is 21.3 Å². The molecule has 0 aliphatic rings. The van der Waals surface area contributed by atoms with Crippen molar-refractivity contribution in [2.24, 2.45) is 0 Å². The number of carbonyl (C=O) groups excluding carboxylic acids is 3. The Bertz CT molecular complexity index is 1160. The quantitative estimate of drug-likeness (QED) is 0.399. The number of halogens is 2. The number of ether oxygens (including phenoxy) is 1. The van der Waals surface area contributed by atoms with Gasteiger partial charge in [-0.3, -0.25) is 9.59 Å². The van der Waals surface area contributed by atoms with E-state index in [2.05, 4.69) is 10.6 Å². The van der Waals surface area contributed by atoms with Crippen LogP contribution in [0.2, 0.25) is 10.0 Å². The Morgan fingerprint density at radius 1 is 1.03 bits per heavy atom. The molecule has 2 N–H and O–H groups in total. The zero-order valence-electron chi connectivity index (χ0n) is 17.3. The molecule has 0 aliphatic heterocycles. The third-order valence-corrected chi connectivity index (χ3v) is 6.24. The van der Waals surface area contributed by atoms with Crippen molar-refractivity contribution >= 4 is 63.0 Å². The molecule has 32 heavy (non-hydrogen) atoms. The lowest BCUT2D eigenvalue weighted by Crippen LogP contribution is -2.16. The molecule has 0 saturated carbocycles. The molecule has 0 bridgehead atoms. The maximum absolute atomic E-state index is 13.0. The summed E-state index contributed by atoms with van der Waals surface area (Å²) in [6, 6.07) is 13.9. The van der Waals surface area contributed by atoms with Gasteiger partial charge in [0.05, 0.1) is 34.2 Å². The summed E-state index contributed by atoms with van der Waals surface area (Å²) in [6.45, 7) is 3.47. The summed E-state index contributed by atoms with van der Waals surface area (Å²) in [5.74, 6) is -1.41. The standard InChI is InChI=1S/C23H20Cl2N2O4S/c1-3-31-23(30)19-13(2)20(21(29)26-17-12-15(24)9-10-16(17)25)32-22(19)27-18(28)11-14-7-5-4-6-8-14/h4-10,12H,3,11H2,1-2H3,(H,26,29)(H,27,28). The predicted octanol–water partition coefficient (Wildman–Crippen LogP) is 5.97. The van der Waals surface area contributed by atoms with Crippen molar-refractivity contribution in [2.45, 2.75) is 20.3 Å². The number of benzene rings is 2. The number of esters is 1. The van der Waals surface area contributed by atoms with Crippen LogP contribution in [0.15, 0.2) is 48.5 Å². The molecule has 0 atom stereocenters. The minimum atomic E-state index is -0.615. The lowest BCUT2D eigenvalue weighted by molar-refractivity contribution is -0.115. The monoisotopic (exact) mass is 490 g/mol. The van der Waals surface area contributed by atoms with Crippen molar-refractivity contribution in [3.05, 3.63) is 80.1 Å². The summed E-state index contributed by atoms with van der Waals surface area (Å²) < 4.78 is 5.14. The molecule has 0 radical (unpaired) electrons. The first kappa shape index (κ1) is 23.8. The summed E-state index contributed by atoms with van der Waals surface area (Å²) in [5, 5.41) is 6.44. The summed E-state index contributed by atoms with van der Waals surface area (Å²) in [6.07, 6.45) is 0.125. The number of carbonyl (C=O) groups is 3. The highest BCUT2D eigenvalue weighted by Gasteiger charge is 2.27. The third-order valence-electron chi connectivity index (χ3n) is 4.47. The number of nitrogens with one attached hydrogen (secondary N) is 2. The van der Waals surface area contributed by atoms with Gasteiger partial charge in [-0.25, -0.2) is 4.79 Å². The van der Waals surface area contributed by atoms with Crippen LogP contribution in [0.4, 0.5) is 10.7 Å². The van der Waals surface area contributed by atoms with Crippen molar-refractivity contribution in [3.63, 3.8) is 0 Å². The first-order valence-corrected chi connectivity index (χ1v) is 11.3. The molecule has 1 aromatic heterocycles. The zero-order chi connectivity index (χ0) is 23.3. The number of hydrogen-bond acceptors (Lipinski definition) is 5. The van der Waals surface area contributed by atoms with E-state index in [0.717, 1.165) is 16.9 Å². The molecule has 3 rings (SSSR count). The fraction of sp³-hybridized carbons (Fsp3) is 0.174. The molecule has 2 amide bonds. The van der Waals surface area contributed by atoms with Gasteiger partial charge in [0.1, 0.15) is 5.00 Å². The van der Waals surface area contributed by atoms with E-state index in [1.54, 1.807) is 26.0 Å². The van der Waals surface area contributed by atoms with Gasteiger partial charge in [0.15, 0.2) is 0 Å². The van der Waals surface area contributed by atoms with Crippen LogP contribution in [0, 0.1) is 6.92 Å². The molecule has 1 heterocycles. The van der Waals surface area contributed by atoms with Gasteiger partial charge in [-0.15, -0.1) is 11.3 Å². The fourth-order valence-electron chi connectivity index (χ4n) is 2.99. The number of hydrogen-bond donors (Lipinski definition) is 2. The summed E-state index contributed by atoms with van der Waals surface area (Å²) >= 11 is 13.1. The van der Waals surface area contributed by atoms with Crippen molar-refractivity contribution in [3.8, 4) is 0 Å². The van der Waals surface area contributed by atoms with Gasteiger partial charge in [0.2, 0.25) is 5.91 Å². The Labute approximate surface area is 199 Å². The number of amides is 2. The lowest BCUT2D eigenvalue weighted by Gasteiger charge is -2.08. The Morgan fingerprint density at radius 3 is 2.44 bits per heavy atom. The Morgan fingerprint density at radius 2 is 1.75 bits per heavy atom. The van der Waals surface area contributed by atoms with Crippen LogP contribution < -0.4 is 10.6 Å². The van der Waals surface area contributed by atoms with E-state index >= 15 is 0 Å². The van der Waals surface area contributed by atoms with Crippen molar-refractivity contribution in [1.82, 2.24) is 0 Å². The van der Waals surface area contributed by atoms with Gasteiger partial charge in [-0.05, 0) is 43.2 Å². The first-order valence-electron chi connectivity index (χ1n) is 9.70. The Hall–Kier alpha value is -2.87. The zero-order valence-corrected chi connectivity index (χ0v) is 19.7. The van der Waals surface area contributed by atoms with Crippen LogP contribution in [0.3, 0.4) is 0 Å². The van der Waals surface area contributed by atoms with Crippen LogP contribution in [0.1, 0.15) is 38.1 Å². The van der Waals surface area contributed by atoms with Crippen molar-refractivity contribution in [2.75, 3.05) is 17.2 Å². The van der Waals surface area contributed by atoms with Gasteiger partial charge >= 0.3 is 5.97 Å². The van der Waals surface area contributed by atoms with Crippen LogP contribution in [-0.4, -0.2) is 24.4 Å². The molecule has 0 unspecified atom stereocenters. The van der Waals surface area contributed by atoms with E-state index < -0.39 is 11.9 Å². The highest BCUT2D eigenvalue weighted by atomic mass is 35.5. The second-order valence-electron chi connectivity index (χ2n) is 6.77. The average Bonchev–Trinajstić information content (AvgIpc) is 3.07. The molecule has 0 saturated heterocycles. The molecule has 0 aliphatic carbocycles. The summed E-state index contributed by atoms with van der Waals surface area (Å²) in [4.78, 5) is 38.4. The molecule has 166 valence electrons. The topological polar surface area (TPSA) is 84.5 Å². The second kappa shape index (κ2) is 10.6. The van der Waals surface area contributed by atoms with Crippen LogP contribution >= 0.6 is 34.5 Å². The molecule has 0 fully saturated rings. The largest absolute Gasteiger partial charge is 0.462 e. The van der Waals surface area contributed by atoms with E-state index in [4.69, 9.17) is 27.9 Å². The highest BCUT2D eigenvalue weighted by molar-refractivity contribution is 7.19. The molecule has 0 spiro atoms. The van der Waals surface area contributed by atoms with E-state index in [1.165, 1.54) is 6.07 Å². The van der Waals surface area contributed by atoms with Crippen LogP contribution in [0.25, 0.3) is 0 Å². The maximum Gasteiger partial charge on any atom is 0.341 e. The average molecular weight is 491 g/mol. The van der Waals surface area contributed by atoms with Gasteiger partial charge in [-0.2, -0.15) is 0 Å². The van der Waals surface area contributed by atoms with Gasteiger partial charge in [0, 0.05) is 5.02 Å². The minimum absolute atomic E-state index is 0.125. The van der Waals surface area contributed by atoms with Crippen molar-refractivity contribution < 1.29 is 19.1 Å². The minimum Gasteiger partial charge on any atom is -0.462 e. The van der Waals surface area contributed by atoms with Gasteiger partial charge in [0.25, 0.3) is 5.91 Å². The number of anilines is 2. The van der Waals surface area contributed by atoms with E-state index in [9.17, 15) is 14.4 Å². The number of rotatable bonds is 7. The molecule has 3 aromatic rings. The molecular formula is C23H20Cl2N2O4S. The van der Waals surface area contributed by atoms with Gasteiger partial charge < -0.3 is 15.4 Å². The predicted molar refractivity (Wildman–Crippen MR) is 128 cm³/mol. The fourth-order valence-corrected chi connectivity index (χ4v) is 4.43. The Balaban J connectivity index is 1.90. The van der Waals surface area contributed by atoms with Crippen LogP contribution in [-0.2, 0) is 16.0 Å². The molecule has 6 nitrogen and oxygen atoms in total. The summed E-state index contributed by atoms with van der Waals surface area (Å²) in [7, 11) is 0. The van der Waals surface area contributed by atoms with Crippen molar-refractivity contribution in [1.29, 1.82) is 0 Å². The number of thiophene rings is 1. The summed E-state index contributed by atoms with van der Waals surface area (Å²) in [5.41, 5.74) is 1.72. The molecule has 2 aromatic carbocycles. The van der Waals surface area contributed by atoms with E-state index in [-0.39, 0.29) is 34.4 Å².